The van der Waals surface area contributed by atoms with Gasteiger partial charge in [-0.15, -0.1) is 0 Å². The zero-order valence-electron chi connectivity index (χ0n) is 7.28. The highest BCUT2D eigenvalue weighted by Gasteiger charge is 2.03. The second-order valence-electron chi connectivity index (χ2n) is 2.41. The van der Waals surface area contributed by atoms with E-state index in [9.17, 15) is 0 Å². The molecule has 0 saturated carbocycles. The van der Waals surface area contributed by atoms with E-state index in [-0.39, 0.29) is 0 Å². The summed E-state index contributed by atoms with van der Waals surface area (Å²) in [5.41, 5.74) is 0.830. The minimum Gasteiger partial charge on any atom is -0.347 e. The van der Waals surface area contributed by atoms with Crippen LogP contribution in [0.2, 0.25) is 0 Å². The SMILES string of the molecule is C=C1C=C(N(C)C=NC)N=CN1. The van der Waals surface area contributed by atoms with Crippen LogP contribution < -0.4 is 5.32 Å². The Morgan fingerprint density at radius 2 is 2.50 bits per heavy atom. The summed E-state index contributed by atoms with van der Waals surface area (Å²) in [6.45, 7) is 3.76. The van der Waals surface area contributed by atoms with E-state index in [1.807, 2.05) is 18.0 Å². The number of nitrogens with one attached hydrogen (secondary N) is 1. The van der Waals surface area contributed by atoms with Crippen molar-refractivity contribution in [2.24, 2.45) is 9.98 Å². The molecule has 64 valence electrons. The second kappa shape index (κ2) is 3.71. The first-order chi connectivity index (χ1) is 5.74. The number of hydrogen-bond donors (Lipinski definition) is 1. The first-order valence-electron chi connectivity index (χ1n) is 3.59. The maximum atomic E-state index is 4.10. The van der Waals surface area contributed by atoms with Crippen molar-refractivity contribution in [2.45, 2.75) is 0 Å². The molecule has 0 aromatic carbocycles. The summed E-state index contributed by atoms with van der Waals surface area (Å²) in [5.74, 6) is 0.823. The normalized spacial score (nSPS) is 16.2. The third-order valence-corrected chi connectivity index (χ3v) is 1.40. The molecule has 1 N–H and O–H groups in total. The quantitative estimate of drug-likeness (QED) is 0.478. The highest BCUT2D eigenvalue weighted by Crippen LogP contribution is 2.06. The van der Waals surface area contributed by atoms with E-state index in [0.29, 0.717) is 0 Å². The summed E-state index contributed by atoms with van der Waals surface area (Å²) >= 11 is 0. The van der Waals surface area contributed by atoms with E-state index in [0.717, 1.165) is 11.5 Å². The summed E-state index contributed by atoms with van der Waals surface area (Å²) in [5, 5.41) is 2.88. The predicted molar refractivity (Wildman–Crippen MR) is 51.0 cm³/mol. The zero-order chi connectivity index (χ0) is 8.97. The Kier molecular flexibility index (Phi) is 2.63. The van der Waals surface area contributed by atoms with E-state index >= 15 is 0 Å². The Labute approximate surface area is 72.0 Å². The molecule has 0 bridgehead atoms. The van der Waals surface area contributed by atoms with Gasteiger partial charge in [0.25, 0.3) is 0 Å². The molecule has 0 radical (unpaired) electrons. The minimum absolute atomic E-state index is 0.823. The molecule has 12 heavy (non-hydrogen) atoms. The van der Waals surface area contributed by atoms with Gasteiger partial charge < -0.3 is 10.2 Å². The van der Waals surface area contributed by atoms with Crippen molar-refractivity contribution in [2.75, 3.05) is 14.1 Å². The van der Waals surface area contributed by atoms with Gasteiger partial charge in [0.15, 0.2) is 0 Å². The van der Waals surface area contributed by atoms with Crippen molar-refractivity contribution < 1.29 is 0 Å². The van der Waals surface area contributed by atoms with Gasteiger partial charge in [0.05, 0.1) is 12.7 Å². The summed E-state index contributed by atoms with van der Waals surface area (Å²) in [6.07, 6.45) is 5.15. The van der Waals surface area contributed by atoms with Gasteiger partial charge in [-0.2, -0.15) is 0 Å². The fourth-order valence-electron chi connectivity index (χ4n) is 0.841. The van der Waals surface area contributed by atoms with Crippen LogP contribution in [0.4, 0.5) is 0 Å². The van der Waals surface area contributed by atoms with Crippen LogP contribution in [0, 0.1) is 0 Å². The molecule has 4 heteroatoms. The highest BCUT2D eigenvalue weighted by molar-refractivity contribution is 5.65. The molecule has 0 atom stereocenters. The molecule has 0 aromatic heterocycles. The van der Waals surface area contributed by atoms with Gasteiger partial charge in [-0.3, -0.25) is 4.99 Å². The number of nitrogens with zero attached hydrogens (tertiary/aromatic N) is 3. The molecule has 0 saturated heterocycles. The molecule has 0 unspecified atom stereocenters. The van der Waals surface area contributed by atoms with Crippen LogP contribution in [0.3, 0.4) is 0 Å². The van der Waals surface area contributed by atoms with Gasteiger partial charge in [-0.05, 0) is 0 Å². The van der Waals surface area contributed by atoms with Gasteiger partial charge in [0.2, 0.25) is 0 Å². The van der Waals surface area contributed by atoms with Crippen LogP contribution in [0.5, 0.6) is 0 Å². The fraction of sp³-hybridized carbons (Fsp3) is 0.250. The number of aliphatic imine (C=N–C) groups is 2. The number of allylic oxidation sites excluding steroid dienone is 1. The smallest absolute Gasteiger partial charge is 0.137 e. The van der Waals surface area contributed by atoms with E-state index in [1.165, 1.54) is 0 Å². The van der Waals surface area contributed by atoms with Crippen molar-refractivity contribution >= 4 is 12.7 Å². The molecule has 4 nitrogen and oxygen atoms in total. The molecule has 1 aliphatic heterocycles. The standard InChI is InChI=1S/C8H12N4/c1-7-4-8(11-5-10-7)12(3)6-9-2/h4-6H,1H2,2-3H3,(H,10,11). The summed E-state index contributed by atoms with van der Waals surface area (Å²) in [4.78, 5) is 9.79. The molecule has 0 aromatic rings. The Balaban J connectivity index is 2.74. The zero-order valence-corrected chi connectivity index (χ0v) is 7.28. The fourth-order valence-corrected chi connectivity index (χ4v) is 0.841. The number of hydrogen-bond acceptors (Lipinski definition) is 3. The Hall–Kier alpha value is -1.58. The largest absolute Gasteiger partial charge is 0.347 e. The van der Waals surface area contributed by atoms with Crippen LogP contribution in [0.15, 0.2) is 34.2 Å². The summed E-state index contributed by atoms with van der Waals surface area (Å²) in [7, 11) is 3.60. The van der Waals surface area contributed by atoms with Crippen molar-refractivity contribution in [3.63, 3.8) is 0 Å². The minimum atomic E-state index is 0.823. The van der Waals surface area contributed by atoms with Crippen molar-refractivity contribution in [3.8, 4) is 0 Å². The lowest BCUT2D eigenvalue weighted by atomic mass is 10.4. The average Bonchev–Trinajstić information content (AvgIpc) is 2.05. The molecule has 0 spiro atoms. The van der Waals surface area contributed by atoms with E-state index in [1.54, 1.807) is 19.7 Å². The van der Waals surface area contributed by atoms with E-state index < -0.39 is 0 Å². The molecule has 0 fully saturated rings. The van der Waals surface area contributed by atoms with Gasteiger partial charge in [0, 0.05) is 25.9 Å². The molecular weight excluding hydrogens is 152 g/mol. The third kappa shape index (κ3) is 1.95. The first kappa shape index (κ1) is 8.52. The van der Waals surface area contributed by atoms with E-state index in [2.05, 4.69) is 21.9 Å². The highest BCUT2D eigenvalue weighted by atomic mass is 15.2. The van der Waals surface area contributed by atoms with E-state index in [4.69, 9.17) is 0 Å². The van der Waals surface area contributed by atoms with Gasteiger partial charge >= 0.3 is 0 Å². The monoisotopic (exact) mass is 164 g/mol. The van der Waals surface area contributed by atoms with Gasteiger partial charge in [0.1, 0.15) is 5.82 Å². The molecule has 1 aliphatic rings. The van der Waals surface area contributed by atoms with Gasteiger partial charge in [-0.25, -0.2) is 4.99 Å². The number of rotatable bonds is 2. The Bertz CT molecular complexity index is 262. The molecular formula is C8H12N4. The second-order valence-corrected chi connectivity index (χ2v) is 2.41. The first-order valence-corrected chi connectivity index (χ1v) is 3.59. The van der Waals surface area contributed by atoms with Crippen LogP contribution in [0.1, 0.15) is 0 Å². The maximum Gasteiger partial charge on any atom is 0.137 e. The molecule has 1 heterocycles. The predicted octanol–water partition coefficient (Wildman–Crippen LogP) is 0.563. The molecule has 0 aliphatic carbocycles. The Morgan fingerprint density at radius 1 is 1.75 bits per heavy atom. The lowest BCUT2D eigenvalue weighted by molar-refractivity contribution is 0.630. The average molecular weight is 164 g/mol. The summed E-state index contributed by atoms with van der Waals surface area (Å²) < 4.78 is 0. The molecule has 0 amide bonds. The van der Waals surface area contributed by atoms with Gasteiger partial charge in [-0.1, -0.05) is 6.58 Å². The van der Waals surface area contributed by atoms with Crippen molar-refractivity contribution in [1.29, 1.82) is 0 Å². The van der Waals surface area contributed by atoms with Crippen LogP contribution >= 0.6 is 0 Å². The third-order valence-electron chi connectivity index (χ3n) is 1.40. The van der Waals surface area contributed by atoms with Crippen LogP contribution in [0.25, 0.3) is 0 Å². The van der Waals surface area contributed by atoms with Crippen LogP contribution in [-0.2, 0) is 0 Å². The molecule has 1 rings (SSSR count). The van der Waals surface area contributed by atoms with Crippen molar-refractivity contribution in [3.05, 3.63) is 24.2 Å². The van der Waals surface area contributed by atoms with Crippen molar-refractivity contribution in [1.82, 2.24) is 10.2 Å². The Morgan fingerprint density at radius 3 is 3.08 bits per heavy atom. The lowest BCUT2D eigenvalue weighted by Gasteiger charge is -2.16. The maximum absolute atomic E-state index is 4.10. The summed E-state index contributed by atoms with van der Waals surface area (Å²) in [6, 6.07) is 0. The lowest BCUT2D eigenvalue weighted by Crippen LogP contribution is -2.20. The topological polar surface area (TPSA) is 40.0 Å². The van der Waals surface area contributed by atoms with Crippen LogP contribution in [-0.4, -0.2) is 31.7 Å².